The third-order valence-corrected chi connectivity index (χ3v) is 2.18. The maximum absolute atomic E-state index is 13.3. The molecule has 1 rings (SSSR count). The average Bonchev–Trinajstić information content (AvgIpc) is 2.32. The normalized spacial score (nSPS) is 10.3. The Morgan fingerprint density at radius 2 is 2.24 bits per heavy atom. The van der Waals surface area contributed by atoms with Gasteiger partial charge >= 0.3 is 0 Å². The summed E-state index contributed by atoms with van der Waals surface area (Å²) in [6, 6.07) is 3.78. The van der Waals surface area contributed by atoms with E-state index in [2.05, 4.69) is 5.32 Å². The number of hydrogen-bond donors (Lipinski definition) is 2. The summed E-state index contributed by atoms with van der Waals surface area (Å²) < 4.78 is 18.2. The summed E-state index contributed by atoms with van der Waals surface area (Å²) in [5, 5.41) is 11.2. The van der Waals surface area contributed by atoms with Gasteiger partial charge in [0.1, 0.15) is 5.82 Å². The molecule has 0 fully saturated rings. The molecule has 0 aliphatic carbocycles. The Bertz CT molecular complexity index is 387. The van der Waals surface area contributed by atoms with Crippen molar-refractivity contribution in [1.29, 1.82) is 0 Å². The highest BCUT2D eigenvalue weighted by Crippen LogP contribution is 2.14. The van der Waals surface area contributed by atoms with Gasteiger partial charge < -0.3 is 15.2 Å². The Kier molecular flexibility index (Phi) is 5.90. The lowest BCUT2D eigenvalue weighted by atomic mass is 10.2. The molecule has 0 aliphatic heterocycles. The Morgan fingerprint density at radius 1 is 1.47 bits per heavy atom. The summed E-state index contributed by atoms with van der Waals surface area (Å²) in [6.45, 7) is 0.636. The molecule has 17 heavy (non-hydrogen) atoms. The Hall–Kier alpha value is -1.17. The molecule has 1 amide bonds. The quantitative estimate of drug-likeness (QED) is 0.757. The first-order chi connectivity index (χ1) is 8.15. The molecule has 6 heteroatoms. The second-order valence-electron chi connectivity index (χ2n) is 3.22. The molecule has 1 aromatic rings. The highest BCUT2D eigenvalue weighted by atomic mass is 35.5. The molecule has 0 saturated heterocycles. The van der Waals surface area contributed by atoms with Gasteiger partial charge in [-0.25, -0.2) is 4.39 Å². The van der Waals surface area contributed by atoms with Crippen LogP contribution in [0.25, 0.3) is 0 Å². The summed E-state index contributed by atoms with van der Waals surface area (Å²) in [5.41, 5.74) is -0.0975. The lowest BCUT2D eigenvalue weighted by Crippen LogP contribution is -2.28. The van der Waals surface area contributed by atoms with Gasteiger partial charge in [0.05, 0.1) is 25.4 Å². The van der Waals surface area contributed by atoms with Gasteiger partial charge in [-0.2, -0.15) is 0 Å². The van der Waals surface area contributed by atoms with E-state index in [0.717, 1.165) is 6.07 Å². The molecule has 0 aromatic heterocycles. The van der Waals surface area contributed by atoms with Crippen LogP contribution in [0.5, 0.6) is 0 Å². The molecular formula is C11H13ClFNO3. The van der Waals surface area contributed by atoms with E-state index in [0.29, 0.717) is 5.02 Å². The maximum Gasteiger partial charge on any atom is 0.254 e. The molecule has 0 saturated carbocycles. The molecule has 0 bridgehead atoms. The standard InChI is InChI=1S/C11H13ClFNO3/c12-8-1-2-10(13)9(7-8)11(16)14-3-5-17-6-4-15/h1-2,7,15H,3-6H2,(H,14,16). The van der Waals surface area contributed by atoms with Crippen LogP contribution in [-0.4, -0.2) is 37.4 Å². The van der Waals surface area contributed by atoms with Crippen LogP contribution in [0.15, 0.2) is 18.2 Å². The van der Waals surface area contributed by atoms with Gasteiger partial charge in [0.15, 0.2) is 0 Å². The number of amides is 1. The third-order valence-electron chi connectivity index (χ3n) is 1.94. The fraction of sp³-hybridized carbons (Fsp3) is 0.364. The molecule has 4 nitrogen and oxygen atoms in total. The number of nitrogens with one attached hydrogen (secondary N) is 1. The lowest BCUT2D eigenvalue weighted by Gasteiger charge is -2.06. The molecule has 0 heterocycles. The van der Waals surface area contributed by atoms with Gasteiger partial charge in [-0.15, -0.1) is 0 Å². The van der Waals surface area contributed by atoms with Crippen LogP contribution in [0.2, 0.25) is 5.02 Å². The van der Waals surface area contributed by atoms with Crippen molar-refractivity contribution in [2.45, 2.75) is 0 Å². The fourth-order valence-corrected chi connectivity index (χ4v) is 1.34. The topological polar surface area (TPSA) is 58.6 Å². The molecule has 0 atom stereocenters. The molecule has 94 valence electrons. The average molecular weight is 262 g/mol. The van der Waals surface area contributed by atoms with E-state index < -0.39 is 11.7 Å². The van der Waals surface area contributed by atoms with Crippen molar-refractivity contribution in [2.24, 2.45) is 0 Å². The molecule has 0 spiro atoms. The van der Waals surface area contributed by atoms with Crippen molar-refractivity contribution >= 4 is 17.5 Å². The summed E-state index contributed by atoms with van der Waals surface area (Å²) in [5.74, 6) is -1.17. The highest BCUT2D eigenvalue weighted by molar-refractivity contribution is 6.30. The molecule has 0 aliphatic rings. The van der Waals surface area contributed by atoms with Gasteiger partial charge in [-0.3, -0.25) is 4.79 Å². The predicted octanol–water partition coefficient (Wildman–Crippen LogP) is 1.22. The van der Waals surface area contributed by atoms with Crippen LogP contribution >= 0.6 is 11.6 Å². The number of halogens is 2. The molecule has 0 unspecified atom stereocenters. The van der Waals surface area contributed by atoms with E-state index in [1.165, 1.54) is 12.1 Å². The summed E-state index contributed by atoms with van der Waals surface area (Å²) in [7, 11) is 0. The van der Waals surface area contributed by atoms with Crippen molar-refractivity contribution in [2.75, 3.05) is 26.4 Å². The van der Waals surface area contributed by atoms with E-state index in [4.69, 9.17) is 21.4 Å². The van der Waals surface area contributed by atoms with Crippen molar-refractivity contribution in [3.8, 4) is 0 Å². The number of benzene rings is 1. The minimum Gasteiger partial charge on any atom is -0.394 e. The second kappa shape index (κ2) is 7.21. The predicted molar refractivity (Wildman–Crippen MR) is 61.6 cm³/mol. The molecule has 2 N–H and O–H groups in total. The monoisotopic (exact) mass is 261 g/mol. The van der Waals surface area contributed by atoms with Crippen LogP contribution in [0.1, 0.15) is 10.4 Å². The number of rotatable bonds is 6. The number of hydrogen-bond acceptors (Lipinski definition) is 3. The van der Waals surface area contributed by atoms with Crippen LogP contribution in [0.3, 0.4) is 0 Å². The first-order valence-corrected chi connectivity index (χ1v) is 5.45. The molecule has 1 aromatic carbocycles. The number of aliphatic hydroxyl groups excluding tert-OH is 1. The van der Waals surface area contributed by atoms with E-state index in [-0.39, 0.29) is 31.9 Å². The Labute approximate surface area is 103 Å². The minimum absolute atomic E-state index is 0.0726. The van der Waals surface area contributed by atoms with Crippen molar-refractivity contribution in [3.63, 3.8) is 0 Å². The zero-order valence-electron chi connectivity index (χ0n) is 9.08. The highest BCUT2D eigenvalue weighted by Gasteiger charge is 2.11. The zero-order chi connectivity index (χ0) is 12.7. The number of carbonyl (C=O) groups is 1. The first kappa shape index (κ1) is 13.9. The van der Waals surface area contributed by atoms with Crippen molar-refractivity contribution < 1.29 is 19.0 Å². The number of carbonyl (C=O) groups excluding carboxylic acids is 1. The second-order valence-corrected chi connectivity index (χ2v) is 3.65. The van der Waals surface area contributed by atoms with Crippen LogP contribution in [0.4, 0.5) is 4.39 Å². The number of aliphatic hydroxyl groups is 1. The van der Waals surface area contributed by atoms with Gasteiger partial charge in [0, 0.05) is 11.6 Å². The Morgan fingerprint density at radius 3 is 2.94 bits per heavy atom. The van der Waals surface area contributed by atoms with Crippen LogP contribution in [-0.2, 0) is 4.74 Å². The van der Waals surface area contributed by atoms with E-state index in [1.54, 1.807) is 0 Å². The maximum atomic E-state index is 13.3. The van der Waals surface area contributed by atoms with E-state index >= 15 is 0 Å². The van der Waals surface area contributed by atoms with Gasteiger partial charge in [-0.1, -0.05) is 11.6 Å². The van der Waals surface area contributed by atoms with E-state index in [9.17, 15) is 9.18 Å². The minimum atomic E-state index is -0.622. The zero-order valence-corrected chi connectivity index (χ0v) is 9.84. The first-order valence-electron chi connectivity index (χ1n) is 5.07. The van der Waals surface area contributed by atoms with Crippen LogP contribution < -0.4 is 5.32 Å². The number of ether oxygens (including phenoxy) is 1. The SMILES string of the molecule is O=C(NCCOCCO)c1cc(Cl)ccc1F. The van der Waals surface area contributed by atoms with Gasteiger partial charge in [0.25, 0.3) is 5.91 Å². The fourth-order valence-electron chi connectivity index (χ4n) is 1.17. The van der Waals surface area contributed by atoms with Gasteiger partial charge in [-0.05, 0) is 18.2 Å². The molecular weight excluding hydrogens is 249 g/mol. The van der Waals surface area contributed by atoms with Crippen LogP contribution in [0, 0.1) is 5.82 Å². The lowest BCUT2D eigenvalue weighted by molar-refractivity contribution is 0.0836. The van der Waals surface area contributed by atoms with E-state index in [1.807, 2.05) is 0 Å². The summed E-state index contributed by atoms with van der Waals surface area (Å²) in [4.78, 5) is 11.5. The summed E-state index contributed by atoms with van der Waals surface area (Å²) in [6.07, 6.45) is 0. The Balaban J connectivity index is 2.44. The third kappa shape index (κ3) is 4.68. The molecule has 0 radical (unpaired) electrons. The van der Waals surface area contributed by atoms with Gasteiger partial charge in [0.2, 0.25) is 0 Å². The largest absolute Gasteiger partial charge is 0.394 e. The van der Waals surface area contributed by atoms with Crippen molar-refractivity contribution in [1.82, 2.24) is 5.32 Å². The van der Waals surface area contributed by atoms with Crippen molar-refractivity contribution in [3.05, 3.63) is 34.6 Å². The summed E-state index contributed by atoms with van der Waals surface area (Å²) >= 11 is 5.66. The smallest absolute Gasteiger partial charge is 0.254 e.